The summed E-state index contributed by atoms with van der Waals surface area (Å²) >= 11 is 1.07. The molecular weight excluding hydrogens is 357 g/mol. The Morgan fingerprint density at radius 2 is 2.00 bits per heavy atom. The SMILES string of the molecule is Cc1ccccc1-n1ccnc1SCC(=O)NC(=O)NCC(F)(F)F. The molecule has 0 aliphatic carbocycles. The van der Waals surface area contributed by atoms with Gasteiger partial charge in [0.1, 0.15) is 6.54 Å². The quantitative estimate of drug-likeness (QED) is 0.792. The number of imide groups is 1. The van der Waals surface area contributed by atoms with E-state index in [-0.39, 0.29) is 5.75 Å². The molecule has 3 amide bonds. The summed E-state index contributed by atoms with van der Waals surface area (Å²) in [6.45, 7) is 0.429. The Balaban J connectivity index is 1.90. The molecule has 0 radical (unpaired) electrons. The highest BCUT2D eigenvalue weighted by molar-refractivity contribution is 7.99. The van der Waals surface area contributed by atoms with E-state index in [0.717, 1.165) is 23.0 Å². The van der Waals surface area contributed by atoms with Gasteiger partial charge < -0.3 is 5.32 Å². The zero-order chi connectivity index (χ0) is 18.4. The Kier molecular flexibility index (Phi) is 6.07. The maximum absolute atomic E-state index is 12.0. The molecule has 0 aliphatic rings. The third kappa shape index (κ3) is 5.82. The van der Waals surface area contributed by atoms with Gasteiger partial charge in [0, 0.05) is 12.4 Å². The van der Waals surface area contributed by atoms with Crippen LogP contribution in [-0.2, 0) is 4.79 Å². The Bertz CT molecular complexity index is 761. The Labute approximate surface area is 145 Å². The van der Waals surface area contributed by atoms with Gasteiger partial charge in [-0.1, -0.05) is 30.0 Å². The molecule has 0 saturated carbocycles. The zero-order valence-corrected chi connectivity index (χ0v) is 13.9. The highest BCUT2D eigenvalue weighted by atomic mass is 32.2. The molecule has 6 nitrogen and oxygen atoms in total. The van der Waals surface area contributed by atoms with Crippen molar-refractivity contribution in [1.29, 1.82) is 0 Å². The number of amides is 3. The Hall–Kier alpha value is -2.49. The smallest absolute Gasteiger partial charge is 0.329 e. The van der Waals surface area contributed by atoms with Crippen LogP contribution < -0.4 is 10.6 Å². The number of imidazole rings is 1. The maximum atomic E-state index is 12.0. The first-order valence-electron chi connectivity index (χ1n) is 7.13. The van der Waals surface area contributed by atoms with Gasteiger partial charge in [0.25, 0.3) is 0 Å². The lowest BCUT2D eigenvalue weighted by Crippen LogP contribution is -2.43. The molecule has 0 bridgehead atoms. The van der Waals surface area contributed by atoms with Crippen molar-refractivity contribution in [2.75, 3.05) is 12.3 Å². The molecule has 1 aromatic heterocycles. The minimum atomic E-state index is -4.53. The summed E-state index contributed by atoms with van der Waals surface area (Å²) < 4.78 is 37.7. The number of carbonyl (C=O) groups excluding carboxylic acids is 2. The van der Waals surface area contributed by atoms with Gasteiger partial charge in [0.05, 0.1) is 11.4 Å². The summed E-state index contributed by atoms with van der Waals surface area (Å²) in [6, 6.07) is 6.40. The first kappa shape index (κ1) is 18.8. The van der Waals surface area contributed by atoms with Gasteiger partial charge in [-0.05, 0) is 18.6 Å². The first-order valence-corrected chi connectivity index (χ1v) is 8.11. The molecule has 2 aromatic rings. The molecule has 0 aliphatic heterocycles. The van der Waals surface area contributed by atoms with E-state index in [9.17, 15) is 22.8 Å². The predicted octanol–water partition coefficient (Wildman–Crippen LogP) is 2.66. The number of para-hydroxylation sites is 1. The van der Waals surface area contributed by atoms with Crippen molar-refractivity contribution in [3.63, 3.8) is 0 Å². The normalized spacial score (nSPS) is 11.2. The number of halogens is 3. The van der Waals surface area contributed by atoms with Crippen LogP contribution in [0.2, 0.25) is 0 Å². The van der Waals surface area contributed by atoms with E-state index in [0.29, 0.717) is 5.16 Å². The number of thioether (sulfide) groups is 1. The van der Waals surface area contributed by atoms with Crippen LogP contribution in [0.4, 0.5) is 18.0 Å². The number of nitrogens with one attached hydrogen (secondary N) is 2. The second-order valence-corrected chi connectivity index (χ2v) is 5.94. The van der Waals surface area contributed by atoms with E-state index in [1.807, 2.05) is 36.5 Å². The van der Waals surface area contributed by atoms with Crippen molar-refractivity contribution >= 4 is 23.7 Å². The molecule has 0 atom stereocenters. The molecule has 0 fully saturated rings. The minimum Gasteiger partial charge on any atom is -0.329 e. The number of hydrogen-bond donors (Lipinski definition) is 2. The van der Waals surface area contributed by atoms with Crippen LogP contribution in [0.3, 0.4) is 0 Å². The number of benzene rings is 1. The van der Waals surface area contributed by atoms with E-state index >= 15 is 0 Å². The van der Waals surface area contributed by atoms with Crippen molar-refractivity contribution < 1.29 is 22.8 Å². The standard InChI is InChI=1S/C15H15F3N4O2S/c1-10-4-2-3-5-11(10)22-7-6-19-14(22)25-8-12(23)21-13(24)20-9-15(16,17)18/h2-7H,8-9H2,1H3,(H2,20,21,23,24). The van der Waals surface area contributed by atoms with Crippen molar-refractivity contribution in [3.05, 3.63) is 42.2 Å². The van der Waals surface area contributed by atoms with Crippen molar-refractivity contribution in [2.24, 2.45) is 0 Å². The van der Waals surface area contributed by atoms with E-state index < -0.39 is 24.7 Å². The first-order chi connectivity index (χ1) is 11.8. The van der Waals surface area contributed by atoms with E-state index in [2.05, 4.69) is 4.98 Å². The maximum Gasteiger partial charge on any atom is 0.405 e. The second kappa shape index (κ2) is 8.06. The summed E-state index contributed by atoms with van der Waals surface area (Å²) in [5, 5.41) is 3.93. The van der Waals surface area contributed by atoms with Gasteiger partial charge in [0.2, 0.25) is 5.91 Å². The predicted molar refractivity (Wildman–Crippen MR) is 86.6 cm³/mol. The van der Waals surface area contributed by atoms with E-state index in [4.69, 9.17) is 0 Å². The third-order valence-electron chi connectivity index (χ3n) is 3.02. The fourth-order valence-electron chi connectivity index (χ4n) is 1.93. The lowest BCUT2D eigenvalue weighted by molar-refractivity contribution is -0.124. The number of aromatic nitrogens is 2. The largest absolute Gasteiger partial charge is 0.405 e. The Morgan fingerprint density at radius 1 is 1.28 bits per heavy atom. The molecule has 25 heavy (non-hydrogen) atoms. The third-order valence-corrected chi connectivity index (χ3v) is 3.98. The number of hydrogen-bond acceptors (Lipinski definition) is 4. The topological polar surface area (TPSA) is 76.0 Å². The van der Waals surface area contributed by atoms with Crippen LogP contribution >= 0.6 is 11.8 Å². The number of nitrogens with zero attached hydrogens (tertiary/aromatic N) is 2. The van der Waals surface area contributed by atoms with E-state index in [1.54, 1.807) is 22.3 Å². The van der Waals surface area contributed by atoms with Gasteiger partial charge >= 0.3 is 12.2 Å². The highest BCUT2D eigenvalue weighted by Gasteiger charge is 2.28. The van der Waals surface area contributed by atoms with Crippen LogP contribution in [0.25, 0.3) is 5.69 Å². The number of carbonyl (C=O) groups is 2. The van der Waals surface area contributed by atoms with E-state index in [1.165, 1.54) is 0 Å². The van der Waals surface area contributed by atoms with Crippen LogP contribution in [-0.4, -0.2) is 40.0 Å². The summed E-state index contributed by atoms with van der Waals surface area (Å²) in [6.07, 6.45) is -1.23. The summed E-state index contributed by atoms with van der Waals surface area (Å²) in [4.78, 5) is 27.0. The molecule has 2 N–H and O–H groups in total. The zero-order valence-electron chi connectivity index (χ0n) is 13.1. The van der Waals surface area contributed by atoms with Crippen molar-refractivity contribution in [3.8, 4) is 5.69 Å². The van der Waals surface area contributed by atoms with Crippen molar-refractivity contribution in [1.82, 2.24) is 20.2 Å². The highest BCUT2D eigenvalue weighted by Crippen LogP contribution is 2.22. The van der Waals surface area contributed by atoms with Crippen LogP contribution in [0.5, 0.6) is 0 Å². The van der Waals surface area contributed by atoms with Gasteiger partial charge in [-0.15, -0.1) is 0 Å². The fourth-order valence-corrected chi connectivity index (χ4v) is 2.70. The number of urea groups is 1. The molecule has 1 aromatic carbocycles. The van der Waals surface area contributed by atoms with Gasteiger partial charge in [-0.3, -0.25) is 14.7 Å². The van der Waals surface area contributed by atoms with Crippen molar-refractivity contribution in [2.45, 2.75) is 18.3 Å². The van der Waals surface area contributed by atoms with Crippen LogP contribution in [0.1, 0.15) is 5.56 Å². The molecule has 2 rings (SSSR count). The number of aryl methyl sites for hydroxylation is 1. The van der Waals surface area contributed by atoms with Gasteiger partial charge in [-0.2, -0.15) is 13.2 Å². The molecule has 10 heteroatoms. The molecule has 0 saturated heterocycles. The lowest BCUT2D eigenvalue weighted by atomic mass is 10.2. The van der Waals surface area contributed by atoms with Gasteiger partial charge in [-0.25, -0.2) is 9.78 Å². The van der Waals surface area contributed by atoms with Crippen LogP contribution in [0.15, 0.2) is 41.8 Å². The molecule has 1 heterocycles. The number of rotatable bonds is 5. The average Bonchev–Trinajstić information content (AvgIpc) is 2.99. The summed E-state index contributed by atoms with van der Waals surface area (Å²) in [5.74, 6) is -0.883. The molecular formula is C15H15F3N4O2S. The Morgan fingerprint density at radius 3 is 2.68 bits per heavy atom. The average molecular weight is 372 g/mol. The minimum absolute atomic E-state index is 0.164. The molecule has 0 unspecified atom stereocenters. The summed E-state index contributed by atoms with van der Waals surface area (Å²) in [5.41, 5.74) is 1.91. The lowest BCUT2D eigenvalue weighted by Gasteiger charge is -2.11. The van der Waals surface area contributed by atoms with Gasteiger partial charge in [0.15, 0.2) is 5.16 Å². The van der Waals surface area contributed by atoms with Crippen LogP contribution in [0, 0.1) is 6.92 Å². The molecule has 134 valence electrons. The number of alkyl halides is 3. The monoisotopic (exact) mass is 372 g/mol. The second-order valence-electron chi connectivity index (χ2n) is 5.00. The molecule has 0 spiro atoms. The fraction of sp³-hybridized carbons (Fsp3) is 0.267. The summed E-state index contributed by atoms with van der Waals surface area (Å²) in [7, 11) is 0.